The monoisotopic (exact) mass is 211 g/mol. The molecule has 0 aliphatic rings. The van der Waals surface area contributed by atoms with Gasteiger partial charge in [0.05, 0.1) is 13.1 Å². The standard InChI is InChI=1S/C12H21NO2/c1-5-8-13(9-12(14)15)11(4)7-6-10(2)3/h1,10-11H,6-9H2,2-4H3,(H,14,15). The van der Waals surface area contributed by atoms with Gasteiger partial charge in [-0.05, 0) is 25.7 Å². The summed E-state index contributed by atoms with van der Waals surface area (Å²) in [7, 11) is 0. The molecule has 15 heavy (non-hydrogen) atoms. The zero-order valence-corrected chi connectivity index (χ0v) is 9.86. The lowest BCUT2D eigenvalue weighted by molar-refractivity contribution is -0.138. The molecule has 0 heterocycles. The van der Waals surface area contributed by atoms with Gasteiger partial charge in [-0.25, -0.2) is 0 Å². The summed E-state index contributed by atoms with van der Waals surface area (Å²) in [6.07, 6.45) is 7.31. The Hall–Kier alpha value is -1.01. The van der Waals surface area contributed by atoms with Gasteiger partial charge in [0.15, 0.2) is 0 Å². The maximum Gasteiger partial charge on any atom is 0.317 e. The summed E-state index contributed by atoms with van der Waals surface area (Å²) >= 11 is 0. The Kier molecular flexibility index (Phi) is 6.81. The number of carboxylic acid groups (broad SMARTS) is 1. The molecule has 0 spiro atoms. The molecule has 0 saturated carbocycles. The molecule has 0 aliphatic carbocycles. The summed E-state index contributed by atoms with van der Waals surface area (Å²) < 4.78 is 0. The first-order valence-corrected chi connectivity index (χ1v) is 5.36. The van der Waals surface area contributed by atoms with Crippen molar-refractivity contribution in [3.63, 3.8) is 0 Å². The molecule has 3 heteroatoms. The number of carbonyl (C=O) groups is 1. The van der Waals surface area contributed by atoms with Crippen LogP contribution >= 0.6 is 0 Å². The molecule has 3 nitrogen and oxygen atoms in total. The highest BCUT2D eigenvalue weighted by molar-refractivity contribution is 5.69. The van der Waals surface area contributed by atoms with E-state index in [2.05, 4.69) is 19.8 Å². The first kappa shape index (κ1) is 14.0. The maximum atomic E-state index is 10.6. The van der Waals surface area contributed by atoms with Crippen molar-refractivity contribution in [2.75, 3.05) is 13.1 Å². The Balaban J connectivity index is 4.10. The molecule has 0 bridgehead atoms. The summed E-state index contributed by atoms with van der Waals surface area (Å²) in [4.78, 5) is 12.4. The van der Waals surface area contributed by atoms with Gasteiger partial charge in [0.1, 0.15) is 0 Å². The van der Waals surface area contributed by atoms with E-state index in [0.717, 1.165) is 12.8 Å². The largest absolute Gasteiger partial charge is 0.480 e. The van der Waals surface area contributed by atoms with E-state index in [4.69, 9.17) is 11.5 Å². The highest BCUT2D eigenvalue weighted by Gasteiger charge is 2.15. The second-order valence-electron chi connectivity index (χ2n) is 4.32. The predicted octanol–water partition coefficient (Wildman–Crippen LogP) is 1.83. The fourth-order valence-electron chi connectivity index (χ4n) is 1.42. The van der Waals surface area contributed by atoms with Crippen LogP contribution in [0.4, 0.5) is 0 Å². The van der Waals surface area contributed by atoms with Gasteiger partial charge >= 0.3 is 5.97 Å². The predicted molar refractivity (Wildman–Crippen MR) is 61.6 cm³/mol. The van der Waals surface area contributed by atoms with E-state index < -0.39 is 5.97 Å². The van der Waals surface area contributed by atoms with Crippen LogP contribution < -0.4 is 0 Å². The van der Waals surface area contributed by atoms with Crippen LogP contribution in [0, 0.1) is 18.3 Å². The molecular formula is C12H21NO2. The minimum atomic E-state index is -0.818. The Morgan fingerprint density at radius 1 is 1.40 bits per heavy atom. The number of hydrogen-bond acceptors (Lipinski definition) is 2. The molecule has 1 N–H and O–H groups in total. The van der Waals surface area contributed by atoms with E-state index in [0.29, 0.717) is 12.5 Å². The molecule has 86 valence electrons. The molecule has 0 aromatic heterocycles. The Bertz CT molecular complexity index is 230. The normalized spacial score (nSPS) is 12.8. The summed E-state index contributed by atoms with van der Waals surface area (Å²) in [6, 6.07) is 0.236. The van der Waals surface area contributed by atoms with E-state index in [1.54, 1.807) is 0 Å². The maximum absolute atomic E-state index is 10.6. The van der Waals surface area contributed by atoms with Gasteiger partial charge in [-0.3, -0.25) is 9.69 Å². The van der Waals surface area contributed by atoms with E-state index in [-0.39, 0.29) is 12.6 Å². The molecular weight excluding hydrogens is 190 g/mol. The van der Waals surface area contributed by atoms with Gasteiger partial charge in [0.25, 0.3) is 0 Å². The number of nitrogens with zero attached hydrogens (tertiary/aromatic N) is 1. The van der Waals surface area contributed by atoms with Crippen LogP contribution in [-0.2, 0) is 4.79 Å². The third-order valence-corrected chi connectivity index (χ3v) is 2.42. The van der Waals surface area contributed by atoms with Gasteiger partial charge in [0.2, 0.25) is 0 Å². The van der Waals surface area contributed by atoms with Crippen molar-refractivity contribution in [1.82, 2.24) is 4.90 Å². The van der Waals surface area contributed by atoms with E-state index in [9.17, 15) is 4.79 Å². The van der Waals surface area contributed by atoms with Crippen molar-refractivity contribution in [2.45, 2.75) is 39.7 Å². The number of hydrogen-bond donors (Lipinski definition) is 1. The lowest BCUT2D eigenvalue weighted by atomic mass is 10.0. The molecule has 1 unspecified atom stereocenters. The molecule has 0 aromatic rings. The highest BCUT2D eigenvalue weighted by Crippen LogP contribution is 2.11. The fraction of sp³-hybridized carbons (Fsp3) is 0.750. The number of terminal acetylenes is 1. The lowest BCUT2D eigenvalue weighted by Crippen LogP contribution is -2.37. The van der Waals surface area contributed by atoms with Crippen LogP contribution in [0.25, 0.3) is 0 Å². The van der Waals surface area contributed by atoms with Crippen LogP contribution in [0.1, 0.15) is 33.6 Å². The number of carboxylic acids is 1. The smallest absolute Gasteiger partial charge is 0.317 e. The van der Waals surface area contributed by atoms with Gasteiger partial charge < -0.3 is 5.11 Å². The van der Waals surface area contributed by atoms with Crippen molar-refractivity contribution in [1.29, 1.82) is 0 Å². The summed E-state index contributed by atoms with van der Waals surface area (Å²) in [5.74, 6) is 2.33. The quantitative estimate of drug-likeness (QED) is 0.653. The van der Waals surface area contributed by atoms with Crippen molar-refractivity contribution in [3.8, 4) is 12.3 Å². The van der Waals surface area contributed by atoms with Crippen LogP contribution in [-0.4, -0.2) is 35.1 Å². The highest BCUT2D eigenvalue weighted by atomic mass is 16.4. The second kappa shape index (κ2) is 7.30. The van der Waals surface area contributed by atoms with Crippen LogP contribution in [0.2, 0.25) is 0 Å². The molecule has 0 radical (unpaired) electrons. The fourth-order valence-corrected chi connectivity index (χ4v) is 1.42. The topological polar surface area (TPSA) is 40.5 Å². The lowest BCUT2D eigenvalue weighted by Gasteiger charge is -2.25. The van der Waals surface area contributed by atoms with Crippen molar-refractivity contribution in [2.24, 2.45) is 5.92 Å². The SMILES string of the molecule is C#CCN(CC(=O)O)C(C)CCC(C)C. The molecule has 0 aromatic carbocycles. The summed E-state index contributed by atoms with van der Waals surface area (Å²) in [6.45, 7) is 6.79. The molecule has 0 aliphatic heterocycles. The molecule has 0 saturated heterocycles. The van der Waals surface area contributed by atoms with Crippen LogP contribution in [0.5, 0.6) is 0 Å². The van der Waals surface area contributed by atoms with Crippen molar-refractivity contribution >= 4 is 5.97 Å². The molecule has 0 amide bonds. The van der Waals surface area contributed by atoms with Crippen molar-refractivity contribution in [3.05, 3.63) is 0 Å². The van der Waals surface area contributed by atoms with Gasteiger partial charge in [-0.2, -0.15) is 0 Å². The van der Waals surface area contributed by atoms with Crippen LogP contribution in [0.15, 0.2) is 0 Å². The summed E-state index contributed by atoms with van der Waals surface area (Å²) in [5, 5.41) is 8.73. The third kappa shape index (κ3) is 6.98. The molecule has 0 fully saturated rings. The average Bonchev–Trinajstić information content (AvgIpc) is 2.12. The first-order valence-electron chi connectivity index (χ1n) is 5.36. The number of rotatable bonds is 7. The third-order valence-electron chi connectivity index (χ3n) is 2.42. The zero-order chi connectivity index (χ0) is 11.8. The second-order valence-corrected chi connectivity index (χ2v) is 4.32. The van der Waals surface area contributed by atoms with Gasteiger partial charge in [0, 0.05) is 6.04 Å². The first-order chi connectivity index (χ1) is 6.97. The van der Waals surface area contributed by atoms with Gasteiger partial charge in [-0.15, -0.1) is 6.42 Å². The van der Waals surface area contributed by atoms with Crippen molar-refractivity contribution < 1.29 is 9.90 Å². The van der Waals surface area contributed by atoms with Gasteiger partial charge in [-0.1, -0.05) is 19.8 Å². The van der Waals surface area contributed by atoms with E-state index >= 15 is 0 Å². The average molecular weight is 211 g/mol. The number of aliphatic carboxylic acids is 1. The minimum absolute atomic E-state index is 0.0312. The Morgan fingerprint density at radius 3 is 2.40 bits per heavy atom. The molecule has 1 atom stereocenters. The molecule has 0 rings (SSSR count). The minimum Gasteiger partial charge on any atom is -0.480 e. The Labute approximate surface area is 92.5 Å². The zero-order valence-electron chi connectivity index (χ0n) is 9.86. The Morgan fingerprint density at radius 2 is 2.00 bits per heavy atom. The van der Waals surface area contributed by atoms with E-state index in [1.807, 2.05) is 11.8 Å². The van der Waals surface area contributed by atoms with Crippen LogP contribution in [0.3, 0.4) is 0 Å². The summed E-state index contributed by atoms with van der Waals surface area (Å²) in [5.41, 5.74) is 0. The van der Waals surface area contributed by atoms with E-state index in [1.165, 1.54) is 0 Å².